The minimum absolute atomic E-state index is 0.0259. The van der Waals surface area contributed by atoms with Gasteiger partial charge in [-0.05, 0) is 32.0 Å². The molecule has 0 heterocycles. The summed E-state index contributed by atoms with van der Waals surface area (Å²) < 4.78 is 10.8. The van der Waals surface area contributed by atoms with E-state index in [-0.39, 0.29) is 23.0 Å². The van der Waals surface area contributed by atoms with E-state index in [1.807, 2.05) is 26.0 Å². The van der Waals surface area contributed by atoms with E-state index >= 15 is 0 Å². The van der Waals surface area contributed by atoms with Crippen molar-refractivity contribution >= 4 is 14.3 Å². The zero-order valence-corrected chi connectivity index (χ0v) is 14.0. The van der Waals surface area contributed by atoms with Gasteiger partial charge in [-0.1, -0.05) is 32.9 Å². The van der Waals surface area contributed by atoms with Crippen molar-refractivity contribution in [3.05, 3.63) is 12.2 Å². The molecule has 0 aliphatic rings. The van der Waals surface area contributed by atoms with E-state index in [0.29, 0.717) is 0 Å². The molecule has 0 bridgehead atoms. The molecule has 2 atom stereocenters. The number of hydrogen-bond donors (Lipinski definition) is 0. The first-order valence-electron chi connectivity index (χ1n) is 6.45. The van der Waals surface area contributed by atoms with Crippen LogP contribution < -0.4 is 0 Å². The van der Waals surface area contributed by atoms with Crippen molar-refractivity contribution in [2.75, 3.05) is 7.11 Å². The number of methoxy groups -OCH3 is 1. The summed E-state index contributed by atoms with van der Waals surface area (Å²) in [6.45, 7) is 14.9. The maximum absolute atomic E-state index is 11.3. The minimum Gasteiger partial charge on any atom is -0.469 e. The Hall–Kier alpha value is -0.613. The van der Waals surface area contributed by atoms with Crippen LogP contribution in [-0.2, 0) is 14.0 Å². The highest BCUT2D eigenvalue weighted by molar-refractivity contribution is 6.74. The van der Waals surface area contributed by atoms with Gasteiger partial charge in [0.2, 0.25) is 0 Å². The van der Waals surface area contributed by atoms with Gasteiger partial charge in [-0.2, -0.15) is 0 Å². The fourth-order valence-electron chi connectivity index (χ4n) is 1.27. The molecule has 0 fully saturated rings. The fraction of sp³-hybridized carbons (Fsp3) is 0.786. The van der Waals surface area contributed by atoms with Crippen molar-refractivity contribution in [3.63, 3.8) is 0 Å². The number of hydrogen-bond acceptors (Lipinski definition) is 3. The van der Waals surface area contributed by atoms with Gasteiger partial charge in [0, 0.05) is 0 Å². The molecule has 3 nitrogen and oxygen atoms in total. The lowest BCUT2D eigenvalue weighted by Crippen LogP contribution is -2.42. The van der Waals surface area contributed by atoms with Crippen LogP contribution in [0.4, 0.5) is 0 Å². The first-order valence-corrected chi connectivity index (χ1v) is 9.36. The molecular formula is C14H28O3Si. The average molecular weight is 272 g/mol. The van der Waals surface area contributed by atoms with Crippen LogP contribution in [0.25, 0.3) is 0 Å². The van der Waals surface area contributed by atoms with E-state index in [2.05, 4.69) is 38.6 Å². The van der Waals surface area contributed by atoms with Gasteiger partial charge in [0.1, 0.15) is 0 Å². The third kappa shape index (κ3) is 5.36. The van der Waals surface area contributed by atoms with Crippen molar-refractivity contribution in [2.45, 2.75) is 58.9 Å². The molecule has 0 saturated carbocycles. The highest BCUT2D eigenvalue weighted by Gasteiger charge is 2.38. The predicted octanol–water partition coefficient (Wildman–Crippen LogP) is 3.76. The zero-order chi connectivity index (χ0) is 14.6. The summed E-state index contributed by atoms with van der Waals surface area (Å²) >= 11 is 0. The predicted molar refractivity (Wildman–Crippen MR) is 78.1 cm³/mol. The smallest absolute Gasteiger partial charge is 0.312 e. The Labute approximate surface area is 113 Å². The molecule has 0 amide bonds. The molecule has 0 spiro atoms. The molecule has 0 aromatic heterocycles. The van der Waals surface area contributed by atoms with Crippen LogP contribution in [0.5, 0.6) is 0 Å². The Kier molecular flexibility index (Phi) is 6.30. The molecule has 0 saturated heterocycles. The summed E-state index contributed by atoms with van der Waals surface area (Å²) in [6.07, 6.45) is 3.82. The Bertz CT molecular complexity index is 303. The molecule has 2 unspecified atom stereocenters. The molecule has 0 aromatic carbocycles. The lowest BCUT2D eigenvalue weighted by Gasteiger charge is -2.37. The lowest BCUT2D eigenvalue weighted by molar-refractivity contribution is -0.143. The van der Waals surface area contributed by atoms with Crippen LogP contribution >= 0.6 is 0 Å². The SMILES string of the molecule is COC(=O)C(C)/C=C/C(C)O[Si](C)(C)C(C)(C)C. The van der Waals surface area contributed by atoms with E-state index in [1.54, 1.807) is 0 Å². The van der Waals surface area contributed by atoms with Gasteiger partial charge in [-0.3, -0.25) is 4.79 Å². The lowest BCUT2D eigenvalue weighted by atomic mass is 10.1. The van der Waals surface area contributed by atoms with Crippen LogP contribution in [-0.4, -0.2) is 27.5 Å². The van der Waals surface area contributed by atoms with Crippen LogP contribution in [0.1, 0.15) is 34.6 Å². The molecule has 4 heteroatoms. The standard InChI is InChI=1S/C14H28O3Si/c1-11(13(15)16-6)9-10-12(2)17-18(7,8)14(3,4)5/h9-12H,1-8H3/b10-9+. The molecule has 0 radical (unpaired) electrons. The molecular weight excluding hydrogens is 244 g/mol. The van der Waals surface area contributed by atoms with Crippen LogP contribution in [0.2, 0.25) is 18.1 Å². The van der Waals surface area contributed by atoms with Gasteiger partial charge in [0.25, 0.3) is 0 Å². The maximum Gasteiger partial charge on any atom is 0.312 e. The Morgan fingerprint density at radius 3 is 2.06 bits per heavy atom. The summed E-state index contributed by atoms with van der Waals surface area (Å²) in [5, 5.41) is 0.197. The number of carbonyl (C=O) groups excluding carboxylic acids is 1. The highest BCUT2D eigenvalue weighted by atomic mass is 28.4. The van der Waals surface area contributed by atoms with Gasteiger partial charge >= 0.3 is 5.97 Å². The third-order valence-electron chi connectivity index (χ3n) is 3.53. The van der Waals surface area contributed by atoms with Gasteiger partial charge < -0.3 is 9.16 Å². The summed E-state index contributed by atoms with van der Waals surface area (Å²) in [5.41, 5.74) is 0. The summed E-state index contributed by atoms with van der Waals surface area (Å²) in [7, 11) is -0.338. The fourth-order valence-corrected chi connectivity index (χ4v) is 2.63. The van der Waals surface area contributed by atoms with Crippen molar-refractivity contribution in [3.8, 4) is 0 Å². The number of carbonyl (C=O) groups is 1. The van der Waals surface area contributed by atoms with Crippen LogP contribution in [0.3, 0.4) is 0 Å². The average Bonchev–Trinajstić information content (AvgIpc) is 2.22. The van der Waals surface area contributed by atoms with Crippen molar-refractivity contribution in [1.29, 1.82) is 0 Å². The number of ether oxygens (including phenoxy) is 1. The van der Waals surface area contributed by atoms with Gasteiger partial charge in [-0.15, -0.1) is 0 Å². The normalized spacial score (nSPS) is 16.7. The number of esters is 1. The quantitative estimate of drug-likeness (QED) is 0.434. The summed E-state index contributed by atoms with van der Waals surface area (Å²) in [4.78, 5) is 11.3. The molecule has 106 valence electrons. The van der Waals surface area contributed by atoms with Gasteiger partial charge in [-0.25, -0.2) is 0 Å². The Balaban J connectivity index is 4.48. The second kappa shape index (κ2) is 6.52. The first-order chi connectivity index (χ1) is 8.01. The van der Waals surface area contributed by atoms with Gasteiger partial charge in [0.05, 0.1) is 19.1 Å². The molecule has 0 rings (SSSR count). The zero-order valence-electron chi connectivity index (χ0n) is 13.0. The van der Waals surface area contributed by atoms with E-state index < -0.39 is 8.32 Å². The highest BCUT2D eigenvalue weighted by Crippen LogP contribution is 2.37. The third-order valence-corrected chi connectivity index (χ3v) is 8.10. The van der Waals surface area contributed by atoms with Crippen molar-refractivity contribution in [2.24, 2.45) is 5.92 Å². The topological polar surface area (TPSA) is 35.5 Å². The molecule has 0 aliphatic heterocycles. The maximum atomic E-state index is 11.3. The van der Waals surface area contributed by atoms with Crippen LogP contribution in [0, 0.1) is 5.92 Å². The monoisotopic (exact) mass is 272 g/mol. The first kappa shape index (κ1) is 17.4. The Morgan fingerprint density at radius 1 is 1.17 bits per heavy atom. The molecule has 0 aliphatic carbocycles. The molecule has 18 heavy (non-hydrogen) atoms. The molecule has 0 N–H and O–H groups in total. The molecule has 0 aromatic rings. The van der Waals surface area contributed by atoms with E-state index in [9.17, 15) is 4.79 Å². The minimum atomic E-state index is -1.74. The van der Waals surface area contributed by atoms with Gasteiger partial charge in [0.15, 0.2) is 8.32 Å². The van der Waals surface area contributed by atoms with Crippen LogP contribution in [0.15, 0.2) is 12.2 Å². The summed E-state index contributed by atoms with van der Waals surface area (Å²) in [6, 6.07) is 0. The van der Waals surface area contributed by atoms with Crippen molar-refractivity contribution < 1.29 is 14.0 Å². The van der Waals surface area contributed by atoms with E-state index in [4.69, 9.17) is 4.43 Å². The summed E-state index contributed by atoms with van der Waals surface area (Å²) in [5.74, 6) is -0.439. The van der Waals surface area contributed by atoms with E-state index in [0.717, 1.165) is 0 Å². The second-order valence-electron chi connectivity index (χ2n) is 6.28. The van der Waals surface area contributed by atoms with E-state index in [1.165, 1.54) is 7.11 Å². The van der Waals surface area contributed by atoms with Crippen molar-refractivity contribution in [1.82, 2.24) is 0 Å². The largest absolute Gasteiger partial charge is 0.469 e. The Morgan fingerprint density at radius 2 is 1.67 bits per heavy atom. The second-order valence-corrected chi connectivity index (χ2v) is 11.0. The number of rotatable bonds is 5.